The zero-order valence-electron chi connectivity index (χ0n) is 7.69. The standard InChI is InChI=1S/C10H13NO2/c1-8-6-9(2-3-11-8)10-7-12-4-5-13-10/h2-3,6,10H,4-5,7H2,1H3. The second-order valence-corrected chi connectivity index (χ2v) is 3.16. The molecule has 0 radical (unpaired) electrons. The van der Waals surface area contributed by atoms with Gasteiger partial charge in [-0.15, -0.1) is 0 Å². The van der Waals surface area contributed by atoms with Gasteiger partial charge in [-0.2, -0.15) is 0 Å². The molecule has 0 aliphatic carbocycles. The van der Waals surface area contributed by atoms with Gasteiger partial charge < -0.3 is 9.47 Å². The van der Waals surface area contributed by atoms with Crippen LogP contribution in [0.15, 0.2) is 18.3 Å². The lowest BCUT2D eigenvalue weighted by Gasteiger charge is -2.23. The fraction of sp³-hybridized carbons (Fsp3) is 0.500. The molecule has 70 valence electrons. The van der Waals surface area contributed by atoms with Crippen LogP contribution in [0.1, 0.15) is 17.4 Å². The minimum absolute atomic E-state index is 0.0930. The number of ether oxygens (including phenoxy) is 2. The van der Waals surface area contributed by atoms with E-state index in [0.29, 0.717) is 19.8 Å². The van der Waals surface area contributed by atoms with E-state index in [2.05, 4.69) is 4.98 Å². The van der Waals surface area contributed by atoms with Gasteiger partial charge in [0.05, 0.1) is 19.8 Å². The third-order valence-electron chi connectivity index (χ3n) is 2.11. The quantitative estimate of drug-likeness (QED) is 0.654. The van der Waals surface area contributed by atoms with Gasteiger partial charge in [0.15, 0.2) is 0 Å². The van der Waals surface area contributed by atoms with Crippen LogP contribution >= 0.6 is 0 Å². The van der Waals surface area contributed by atoms with E-state index in [1.54, 1.807) is 0 Å². The minimum Gasteiger partial charge on any atom is -0.376 e. The Labute approximate surface area is 77.7 Å². The molecule has 13 heavy (non-hydrogen) atoms. The van der Waals surface area contributed by atoms with E-state index in [0.717, 1.165) is 11.3 Å². The van der Waals surface area contributed by atoms with Gasteiger partial charge in [-0.25, -0.2) is 0 Å². The number of pyridine rings is 1. The Hall–Kier alpha value is -0.930. The van der Waals surface area contributed by atoms with Crippen molar-refractivity contribution in [2.75, 3.05) is 19.8 Å². The normalized spacial score (nSPS) is 23.0. The Morgan fingerprint density at radius 1 is 1.46 bits per heavy atom. The van der Waals surface area contributed by atoms with E-state index < -0.39 is 0 Å². The number of aromatic nitrogens is 1. The summed E-state index contributed by atoms with van der Waals surface area (Å²) < 4.78 is 10.9. The average molecular weight is 179 g/mol. The molecule has 3 heteroatoms. The fourth-order valence-electron chi connectivity index (χ4n) is 1.45. The van der Waals surface area contributed by atoms with Gasteiger partial charge in [0, 0.05) is 11.9 Å². The predicted molar refractivity (Wildman–Crippen MR) is 48.5 cm³/mol. The van der Waals surface area contributed by atoms with Crippen LogP contribution in [0, 0.1) is 6.92 Å². The van der Waals surface area contributed by atoms with Crippen molar-refractivity contribution < 1.29 is 9.47 Å². The summed E-state index contributed by atoms with van der Waals surface area (Å²) in [5, 5.41) is 0. The maximum absolute atomic E-state index is 5.57. The molecule has 1 aliphatic rings. The first-order chi connectivity index (χ1) is 6.36. The van der Waals surface area contributed by atoms with Crippen molar-refractivity contribution in [3.8, 4) is 0 Å². The highest BCUT2D eigenvalue weighted by atomic mass is 16.6. The van der Waals surface area contributed by atoms with Gasteiger partial charge in [0.25, 0.3) is 0 Å². The predicted octanol–water partition coefficient (Wildman–Crippen LogP) is 1.48. The summed E-state index contributed by atoms with van der Waals surface area (Å²) in [6.07, 6.45) is 1.90. The van der Waals surface area contributed by atoms with Crippen molar-refractivity contribution >= 4 is 0 Å². The van der Waals surface area contributed by atoms with Gasteiger partial charge in [-0.1, -0.05) is 0 Å². The molecule has 1 unspecified atom stereocenters. The third kappa shape index (κ3) is 2.05. The second-order valence-electron chi connectivity index (χ2n) is 3.16. The van der Waals surface area contributed by atoms with Crippen molar-refractivity contribution in [2.24, 2.45) is 0 Å². The number of hydrogen-bond acceptors (Lipinski definition) is 3. The lowest BCUT2D eigenvalue weighted by molar-refractivity contribution is -0.0901. The van der Waals surface area contributed by atoms with Crippen LogP contribution < -0.4 is 0 Å². The molecule has 0 saturated carbocycles. The molecule has 1 fully saturated rings. The summed E-state index contributed by atoms with van der Waals surface area (Å²) in [4.78, 5) is 4.14. The Balaban J connectivity index is 2.14. The van der Waals surface area contributed by atoms with Crippen LogP contribution in [-0.4, -0.2) is 24.8 Å². The van der Waals surface area contributed by atoms with Crippen LogP contribution in [0.25, 0.3) is 0 Å². The topological polar surface area (TPSA) is 31.4 Å². The molecule has 0 N–H and O–H groups in total. The zero-order valence-corrected chi connectivity index (χ0v) is 7.69. The van der Waals surface area contributed by atoms with Crippen LogP contribution in [0.3, 0.4) is 0 Å². The fourth-order valence-corrected chi connectivity index (χ4v) is 1.45. The second kappa shape index (κ2) is 3.85. The highest BCUT2D eigenvalue weighted by Crippen LogP contribution is 2.20. The van der Waals surface area contributed by atoms with E-state index in [4.69, 9.17) is 9.47 Å². The molecular formula is C10H13NO2. The molecule has 0 amide bonds. The van der Waals surface area contributed by atoms with Crippen molar-refractivity contribution in [2.45, 2.75) is 13.0 Å². The van der Waals surface area contributed by atoms with Gasteiger partial charge >= 0.3 is 0 Å². The number of hydrogen-bond donors (Lipinski definition) is 0. The lowest BCUT2D eigenvalue weighted by atomic mass is 10.1. The van der Waals surface area contributed by atoms with Gasteiger partial charge in [-0.3, -0.25) is 4.98 Å². The SMILES string of the molecule is Cc1cc(C2COCCO2)ccn1. The maximum atomic E-state index is 5.57. The molecular weight excluding hydrogens is 166 g/mol. The monoisotopic (exact) mass is 179 g/mol. The van der Waals surface area contributed by atoms with Crippen LogP contribution in [0.4, 0.5) is 0 Å². The molecule has 1 aromatic rings. The van der Waals surface area contributed by atoms with Crippen molar-refractivity contribution in [1.29, 1.82) is 0 Å². The summed E-state index contributed by atoms with van der Waals surface area (Å²) in [5.74, 6) is 0. The first-order valence-electron chi connectivity index (χ1n) is 4.48. The van der Waals surface area contributed by atoms with E-state index in [-0.39, 0.29) is 6.10 Å². The van der Waals surface area contributed by atoms with Crippen LogP contribution in [0.5, 0.6) is 0 Å². The smallest absolute Gasteiger partial charge is 0.106 e. The Kier molecular flexibility index (Phi) is 2.57. The first-order valence-corrected chi connectivity index (χ1v) is 4.48. The van der Waals surface area contributed by atoms with Gasteiger partial charge in [-0.05, 0) is 24.6 Å². The average Bonchev–Trinajstić information content (AvgIpc) is 2.19. The number of nitrogens with zero attached hydrogens (tertiary/aromatic N) is 1. The number of aryl methyl sites for hydroxylation is 1. The van der Waals surface area contributed by atoms with Gasteiger partial charge in [0.1, 0.15) is 6.10 Å². The summed E-state index contributed by atoms with van der Waals surface area (Å²) in [7, 11) is 0. The molecule has 0 bridgehead atoms. The van der Waals surface area contributed by atoms with E-state index in [1.807, 2.05) is 25.3 Å². The van der Waals surface area contributed by atoms with Crippen LogP contribution in [0.2, 0.25) is 0 Å². The summed E-state index contributed by atoms with van der Waals surface area (Å²) in [6, 6.07) is 4.02. The molecule has 0 spiro atoms. The van der Waals surface area contributed by atoms with Crippen molar-refractivity contribution in [3.63, 3.8) is 0 Å². The third-order valence-corrected chi connectivity index (χ3v) is 2.11. The lowest BCUT2D eigenvalue weighted by Crippen LogP contribution is -2.21. The Morgan fingerprint density at radius 2 is 2.38 bits per heavy atom. The Morgan fingerprint density at radius 3 is 3.08 bits per heavy atom. The highest BCUT2D eigenvalue weighted by Gasteiger charge is 2.16. The van der Waals surface area contributed by atoms with E-state index in [9.17, 15) is 0 Å². The highest BCUT2D eigenvalue weighted by molar-refractivity contribution is 5.18. The van der Waals surface area contributed by atoms with E-state index >= 15 is 0 Å². The number of rotatable bonds is 1. The first kappa shape index (κ1) is 8.66. The molecule has 1 aliphatic heterocycles. The summed E-state index contributed by atoms with van der Waals surface area (Å²) >= 11 is 0. The van der Waals surface area contributed by atoms with Crippen molar-refractivity contribution in [1.82, 2.24) is 4.98 Å². The van der Waals surface area contributed by atoms with Gasteiger partial charge in [0.2, 0.25) is 0 Å². The van der Waals surface area contributed by atoms with Crippen LogP contribution in [-0.2, 0) is 9.47 Å². The summed E-state index contributed by atoms with van der Waals surface area (Å²) in [6.45, 7) is 4.03. The molecule has 1 atom stereocenters. The molecule has 0 aromatic carbocycles. The molecule has 1 aromatic heterocycles. The molecule has 1 saturated heterocycles. The Bertz CT molecular complexity index is 282. The summed E-state index contributed by atoms with van der Waals surface area (Å²) in [5.41, 5.74) is 2.18. The molecule has 2 rings (SSSR count). The van der Waals surface area contributed by atoms with Crippen molar-refractivity contribution in [3.05, 3.63) is 29.6 Å². The largest absolute Gasteiger partial charge is 0.376 e. The molecule has 2 heterocycles. The van der Waals surface area contributed by atoms with E-state index in [1.165, 1.54) is 0 Å². The maximum Gasteiger partial charge on any atom is 0.106 e. The molecule has 3 nitrogen and oxygen atoms in total. The zero-order chi connectivity index (χ0) is 9.10. The minimum atomic E-state index is 0.0930.